The summed E-state index contributed by atoms with van der Waals surface area (Å²) in [6.45, 7) is 8.94. The van der Waals surface area contributed by atoms with Crippen molar-refractivity contribution in [2.24, 2.45) is 0 Å². The van der Waals surface area contributed by atoms with Gasteiger partial charge in [-0.25, -0.2) is 0 Å². The molecular weight excluding hydrogens is 176 g/mol. The van der Waals surface area contributed by atoms with Gasteiger partial charge < -0.3 is 10.1 Å². The fourth-order valence-electron chi connectivity index (χ4n) is 2.66. The highest BCUT2D eigenvalue weighted by Crippen LogP contribution is 2.17. The topological polar surface area (TPSA) is 24.5 Å². The van der Waals surface area contributed by atoms with Crippen LogP contribution in [0.4, 0.5) is 0 Å². The zero-order valence-electron chi connectivity index (χ0n) is 9.33. The predicted octanol–water partition coefficient (Wildman–Crippen LogP) is 0.848. The van der Waals surface area contributed by atoms with Gasteiger partial charge in [0.25, 0.3) is 0 Å². The zero-order chi connectivity index (χ0) is 9.97. The molecule has 0 amide bonds. The molecule has 0 aromatic heterocycles. The molecule has 0 aromatic rings. The lowest BCUT2D eigenvalue weighted by Crippen LogP contribution is -2.54. The van der Waals surface area contributed by atoms with Gasteiger partial charge in [0.05, 0.1) is 12.2 Å². The van der Waals surface area contributed by atoms with Crippen LogP contribution in [0.15, 0.2) is 0 Å². The van der Waals surface area contributed by atoms with Crippen LogP contribution in [0.3, 0.4) is 0 Å². The molecule has 0 aromatic carbocycles. The summed E-state index contributed by atoms with van der Waals surface area (Å²) < 4.78 is 5.75. The molecule has 2 fully saturated rings. The highest BCUT2D eigenvalue weighted by molar-refractivity contribution is 4.83. The summed E-state index contributed by atoms with van der Waals surface area (Å²) in [6.07, 6.45) is 3.48. The first-order valence-electron chi connectivity index (χ1n) is 5.86. The van der Waals surface area contributed by atoms with Gasteiger partial charge in [0.2, 0.25) is 0 Å². The van der Waals surface area contributed by atoms with Crippen LogP contribution >= 0.6 is 0 Å². The second-order valence-electron chi connectivity index (χ2n) is 4.71. The quantitative estimate of drug-likeness (QED) is 0.676. The maximum absolute atomic E-state index is 5.75. The highest BCUT2D eigenvalue weighted by Gasteiger charge is 2.28. The molecule has 1 unspecified atom stereocenters. The molecule has 82 valence electrons. The molecule has 1 N–H and O–H groups in total. The van der Waals surface area contributed by atoms with Gasteiger partial charge in [-0.05, 0) is 33.2 Å². The SMILES string of the molecule is C[C@@H]1CN(C2CCCNC2)C[C@H](C)O1. The summed E-state index contributed by atoms with van der Waals surface area (Å²) in [4.78, 5) is 2.60. The first kappa shape index (κ1) is 10.4. The monoisotopic (exact) mass is 198 g/mol. The Kier molecular flexibility index (Phi) is 3.42. The summed E-state index contributed by atoms with van der Waals surface area (Å²) in [5, 5.41) is 3.48. The van der Waals surface area contributed by atoms with E-state index in [4.69, 9.17) is 4.74 Å². The number of hydrogen-bond acceptors (Lipinski definition) is 3. The highest BCUT2D eigenvalue weighted by atomic mass is 16.5. The summed E-state index contributed by atoms with van der Waals surface area (Å²) in [5.41, 5.74) is 0. The Hall–Kier alpha value is -0.120. The van der Waals surface area contributed by atoms with Crippen molar-refractivity contribution in [2.75, 3.05) is 26.2 Å². The minimum Gasteiger partial charge on any atom is -0.373 e. The van der Waals surface area contributed by atoms with Gasteiger partial charge in [0.1, 0.15) is 0 Å². The summed E-state index contributed by atoms with van der Waals surface area (Å²) >= 11 is 0. The lowest BCUT2D eigenvalue weighted by molar-refractivity contribution is -0.0823. The molecule has 0 saturated carbocycles. The lowest BCUT2D eigenvalue weighted by atomic mass is 10.0. The summed E-state index contributed by atoms with van der Waals surface area (Å²) in [6, 6.07) is 0.748. The maximum Gasteiger partial charge on any atom is 0.0678 e. The molecule has 3 nitrogen and oxygen atoms in total. The minimum atomic E-state index is 0.403. The van der Waals surface area contributed by atoms with Gasteiger partial charge in [0.15, 0.2) is 0 Å². The fourth-order valence-corrected chi connectivity index (χ4v) is 2.66. The standard InChI is InChI=1S/C11H22N2O/c1-9-7-13(8-10(2)14-9)11-4-3-5-12-6-11/h9-12H,3-8H2,1-2H3/t9-,10+,11?. The van der Waals surface area contributed by atoms with Gasteiger partial charge in [-0.1, -0.05) is 0 Å². The molecule has 2 rings (SSSR count). The second kappa shape index (κ2) is 4.60. The second-order valence-corrected chi connectivity index (χ2v) is 4.71. The first-order chi connectivity index (χ1) is 6.75. The third-order valence-electron chi connectivity index (χ3n) is 3.24. The molecule has 14 heavy (non-hydrogen) atoms. The van der Waals surface area contributed by atoms with Gasteiger partial charge in [-0.3, -0.25) is 4.90 Å². The lowest BCUT2D eigenvalue weighted by Gasteiger charge is -2.41. The molecule has 0 bridgehead atoms. The number of ether oxygens (including phenoxy) is 1. The van der Waals surface area contributed by atoms with E-state index in [1.165, 1.54) is 25.9 Å². The largest absolute Gasteiger partial charge is 0.373 e. The van der Waals surface area contributed by atoms with Crippen molar-refractivity contribution < 1.29 is 4.74 Å². The zero-order valence-corrected chi connectivity index (χ0v) is 9.33. The maximum atomic E-state index is 5.75. The average Bonchev–Trinajstić information content (AvgIpc) is 2.18. The molecule has 2 aliphatic rings. The number of piperidine rings is 1. The Morgan fingerprint density at radius 3 is 2.50 bits per heavy atom. The van der Waals surface area contributed by atoms with Crippen LogP contribution in [0.2, 0.25) is 0 Å². The van der Waals surface area contributed by atoms with Crippen molar-refractivity contribution in [1.82, 2.24) is 10.2 Å². The van der Waals surface area contributed by atoms with E-state index in [0.717, 1.165) is 19.1 Å². The number of nitrogens with zero attached hydrogens (tertiary/aromatic N) is 1. The molecule has 2 aliphatic heterocycles. The Labute approximate surface area is 86.8 Å². The van der Waals surface area contributed by atoms with Crippen molar-refractivity contribution >= 4 is 0 Å². The summed E-state index contributed by atoms with van der Waals surface area (Å²) in [7, 11) is 0. The third kappa shape index (κ3) is 2.47. The van der Waals surface area contributed by atoms with E-state index < -0.39 is 0 Å². The van der Waals surface area contributed by atoms with E-state index in [2.05, 4.69) is 24.1 Å². The van der Waals surface area contributed by atoms with Crippen molar-refractivity contribution in [3.8, 4) is 0 Å². The molecule has 2 heterocycles. The van der Waals surface area contributed by atoms with Gasteiger partial charge in [-0.2, -0.15) is 0 Å². The molecule has 0 radical (unpaired) electrons. The van der Waals surface area contributed by atoms with Gasteiger partial charge in [0, 0.05) is 25.7 Å². The Morgan fingerprint density at radius 1 is 1.21 bits per heavy atom. The van der Waals surface area contributed by atoms with Crippen LogP contribution in [0.5, 0.6) is 0 Å². The van der Waals surface area contributed by atoms with Crippen LogP contribution in [0, 0.1) is 0 Å². The number of nitrogens with one attached hydrogen (secondary N) is 1. The first-order valence-corrected chi connectivity index (χ1v) is 5.86. The van der Waals surface area contributed by atoms with E-state index in [1.807, 2.05) is 0 Å². The minimum absolute atomic E-state index is 0.403. The van der Waals surface area contributed by atoms with Crippen molar-refractivity contribution in [1.29, 1.82) is 0 Å². The number of rotatable bonds is 1. The van der Waals surface area contributed by atoms with E-state index >= 15 is 0 Å². The van der Waals surface area contributed by atoms with Crippen LogP contribution in [0.1, 0.15) is 26.7 Å². The average molecular weight is 198 g/mol. The van der Waals surface area contributed by atoms with Crippen LogP contribution in [-0.2, 0) is 4.74 Å². The molecule has 2 saturated heterocycles. The van der Waals surface area contributed by atoms with Crippen LogP contribution < -0.4 is 5.32 Å². The van der Waals surface area contributed by atoms with E-state index in [9.17, 15) is 0 Å². The Bertz CT molecular complexity index is 170. The Morgan fingerprint density at radius 2 is 1.93 bits per heavy atom. The van der Waals surface area contributed by atoms with Gasteiger partial charge in [-0.15, -0.1) is 0 Å². The van der Waals surface area contributed by atoms with Crippen molar-refractivity contribution in [3.63, 3.8) is 0 Å². The van der Waals surface area contributed by atoms with Crippen molar-refractivity contribution in [3.05, 3.63) is 0 Å². The van der Waals surface area contributed by atoms with Gasteiger partial charge >= 0.3 is 0 Å². The van der Waals surface area contributed by atoms with Crippen molar-refractivity contribution in [2.45, 2.75) is 44.9 Å². The van der Waals surface area contributed by atoms with E-state index in [1.54, 1.807) is 0 Å². The predicted molar refractivity (Wildman–Crippen MR) is 57.5 cm³/mol. The molecule has 3 heteroatoms. The smallest absolute Gasteiger partial charge is 0.0678 e. The normalized spacial score (nSPS) is 41.1. The third-order valence-corrected chi connectivity index (χ3v) is 3.24. The molecule has 0 spiro atoms. The summed E-state index contributed by atoms with van der Waals surface area (Å²) in [5.74, 6) is 0. The van der Waals surface area contributed by atoms with Crippen LogP contribution in [-0.4, -0.2) is 49.3 Å². The van der Waals surface area contributed by atoms with E-state index in [0.29, 0.717) is 12.2 Å². The van der Waals surface area contributed by atoms with Crippen LogP contribution in [0.25, 0.3) is 0 Å². The van der Waals surface area contributed by atoms with E-state index in [-0.39, 0.29) is 0 Å². The Balaban J connectivity index is 1.88. The fraction of sp³-hybridized carbons (Fsp3) is 1.00. The molecule has 3 atom stereocenters. The molecular formula is C11H22N2O. The number of morpholine rings is 1. The molecule has 0 aliphatic carbocycles. The number of hydrogen-bond donors (Lipinski definition) is 1.